The number of aromatic nitrogens is 2. The number of nitrogens with one attached hydrogen (secondary N) is 3. The van der Waals surface area contributed by atoms with Crippen LogP contribution < -0.4 is 10.6 Å². The number of carbonyl (C=O) groups excluding carboxylic acids is 1. The molecule has 0 aliphatic heterocycles. The molecule has 5 nitrogen and oxygen atoms in total. The Morgan fingerprint density at radius 3 is 2.75 bits per heavy atom. The SMILES string of the molecule is CNC(=O)c1cn[nH]c1Nc1ccccc1. The van der Waals surface area contributed by atoms with Crippen LogP contribution in [0, 0.1) is 0 Å². The van der Waals surface area contributed by atoms with Crippen LogP contribution in [0.4, 0.5) is 11.5 Å². The maximum atomic E-state index is 11.5. The summed E-state index contributed by atoms with van der Waals surface area (Å²) in [6.45, 7) is 0. The predicted octanol–water partition coefficient (Wildman–Crippen LogP) is 1.51. The molecule has 0 aliphatic carbocycles. The Labute approximate surface area is 92.9 Å². The number of amides is 1. The van der Waals surface area contributed by atoms with Crippen molar-refractivity contribution in [1.82, 2.24) is 15.5 Å². The molecule has 0 saturated carbocycles. The highest BCUT2D eigenvalue weighted by Crippen LogP contribution is 2.17. The first-order valence-corrected chi connectivity index (χ1v) is 4.89. The lowest BCUT2D eigenvalue weighted by molar-refractivity contribution is 0.0964. The fourth-order valence-electron chi connectivity index (χ4n) is 1.35. The number of H-pyrrole nitrogens is 1. The van der Waals surface area contributed by atoms with Gasteiger partial charge in [0, 0.05) is 12.7 Å². The van der Waals surface area contributed by atoms with Crippen LogP contribution in [0.25, 0.3) is 0 Å². The summed E-state index contributed by atoms with van der Waals surface area (Å²) < 4.78 is 0. The molecule has 0 fully saturated rings. The van der Waals surface area contributed by atoms with E-state index in [0.717, 1.165) is 5.69 Å². The second kappa shape index (κ2) is 4.48. The molecule has 0 unspecified atom stereocenters. The molecule has 82 valence electrons. The molecule has 5 heteroatoms. The van der Waals surface area contributed by atoms with Crippen LogP contribution in [0.5, 0.6) is 0 Å². The van der Waals surface area contributed by atoms with Crippen molar-refractivity contribution < 1.29 is 4.79 Å². The summed E-state index contributed by atoms with van der Waals surface area (Å²) in [5.74, 6) is 0.415. The average Bonchev–Trinajstić information content (AvgIpc) is 2.77. The molecule has 16 heavy (non-hydrogen) atoms. The largest absolute Gasteiger partial charge is 0.355 e. The number of nitrogens with zero attached hydrogens (tertiary/aromatic N) is 1. The van der Waals surface area contributed by atoms with Gasteiger partial charge in [-0.2, -0.15) is 5.10 Å². The van der Waals surface area contributed by atoms with Gasteiger partial charge in [0.2, 0.25) is 0 Å². The second-order valence-electron chi connectivity index (χ2n) is 3.23. The zero-order chi connectivity index (χ0) is 11.4. The lowest BCUT2D eigenvalue weighted by Crippen LogP contribution is -2.18. The average molecular weight is 216 g/mol. The Morgan fingerprint density at radius 1 is 1.31 bits per heavy atom. The van der Waals surface area contributed by atoms with Crippen molar-refractivity contribution in [3.8, 4) is 0 Å². The summed E-state index contributed by atoms with van der Waals surface area (Å²) in [5.41, 5.74) is 1.39. The Kier molecular flexibility index (Phi) is 2.86. The fourth-order valence-corrected chi connectivity index (χ4v) is 1.35. The van der Waals surface area contributed by atoms with Gasteiger partial charge in [-0.15, -0.1) is 0 Å². The molecule has 1 aromatic heterocycles. The number of hydrogen-bond acceptors (Lipinski definition) is 3. The molecule has 2 aromatic rings. The molecule has 1 amide bonds. The summed E-state index contributed by atoms with van der Waals surface area (Å²) in [4.78, 5) is 11.5. The van der Waals surface area contributed by atoms with Gasteiger partial charge in [-0.3, -0.25) is 9.89 Å². The van der Waals surface area contributed by atoms with Gasteiger partial charge in [-0.1, -0.05) is 18.2 Å². The first-order chi connectivity index (χ1) is 7.81. The lowest BCUT2D eigenvalue weighted by Gasteiger charge is -2.05. The third-order valence-corrected chi connectivity index (χ3v) is 2.15. The van der Waals surface area contributed by atoms with Crippen LogP contribution in [0.1, 0.15) is 10.4 Å². The van der Waals surface area contributed by atoms with Crippen LogP contribution in [0.2, 0.25) is 0 Å². The van der Waals surface area contributed by atoms with Crippen molar-refractivity contribution in [3.63, 3.8) is 0 Å². The summed E-state index contributed by atoms with van der Waals surface area (Å²) in [6.07, 6.45) is 1.49. The van der Waals surface area contributed by atoms with E-state index in [2.05, 4.69) is 20.8 Å². The molecule has 2 rings (SSSR count). The summed E-state index contributed by atoms with van der Waals surface area (Å²) in [5, 5.41) is 12.2. The Hall–Kier alpha value is -2.30. The third kappa shape index (κ3) is 2.03. The van der Waals surface area contributed by atoms with E-state index in [-0.39, 0.29) is 5.91 Å². The van der Waals surface area contributed by atoms with Crippen molar-refractivity contribution in [2.24, 2.45) is 0 Å². The summed E-state index contributed by atoms with van der Waals surface area (Å²) >= 11 is 0. The Bertz CT molecular complexity index is 478. The van der Waals surface area contributed by atoms with Crippen molar-refractivity contribution in [1.29, 1.82) is 0 Å². The smallest absolute Gasteiger partial charge is 0.256 e. The maximum absolute atomic E-state index is 11.5. The molecule has 0 spiro atoms. The van der Waals surface area contributed by atoms with Gasteiger partial charge >= 0.3 is 0 Å². The van der Waals surface area contributed by atoms with Crippen LogP contribution in [-0.4, -0.2) is 23.2 Å². The highest BCUT2D eigenvalue weighted by atomic mass is 16.1. The van der Waals surface area contributed by atoms with Gasteiger partial charge in [0.05, 0.1) is 6.20 Å². The zero-order valence-electron chi connectivity index (χ0n) is 8.82. The van der Waals surface area contributed by atoms with Gasteiger partial charge < -0.3 is 10.6 Å². The van der Waals surface area contributed by atoms with E-state index in [1.54, 1.807) is 7.05 Å². The molecular formula is C11H12N4O. The quantitative estimate of drug-likeness (QED) is 0.728. The minimum atomic E-state index is -0.174. The van der Waals surface area contributed by atoms with Crippen molar-refractivity contribution in [3.05, 3.63) is 42.1 Å². The molecule has 0 radical (unpaired) electrons. The number of hydrogen-bond donors (Lipinski definition) is 3. The van der Waals surface area contributed by atoms with Crippen LogP contribution in [-0.2, 0) is 0 Å². The van der Waals surface area contributed by atoms with Crippen LogP contribution in [0.15, 0.2) is 36.5 Å². The predicted molar refractivity (Wildman–Crippen MR) is 61.7 cm³/mol. The monoisotopic (exact) mass is 216 g/mol. The van der Waals surface area contributed by atoms with E-state index < -0.39 is 0 Å². The highest BCUT2D eigenvalue weighted by Gasteiger charge is 2.11. The molecular weight excluding hydrogens is 204 g/mol. The zero-order valence-corrected chi connectivity index (χ0v) is 8.82. The normalized spacial score (nSPS) is 9.81. The van der Waals surface area contributed by atoms with E-state index >= 15 is 0 Å². The number of rotatable bonds is 3. The standard InChI is InChI=1S/C11H12N4O/c1-12-11(16)9-7-13-15-10(9)14-8-5-3-2-4-6-8/h2-7H,1H3,(H,12,16)(H2,13,14,15). The molecule has 1 aromatic carbocycles. The second-order valence-corrected chi connectivity index (χ2v) is 3.23. The van der Waals surface area contributed by atoms with Gasteiger partial charge in [0.1, 0.15) is 11.4 Å². The van der Waals surface area contributed by atoms with Gasteiger partial charge in [-0.05, 0) is 12.1 Å². The van der Waals surface area contributed by atoms with E-state index in [1.807, 2.05) is 30.3 Å². The first-order valence-electron chi connectivity index (χ1n) is 4.89. The van der Waals surface area contributed by atoms with Gasteiger partial charge in [0.25, 0.3) is 5.91 Å². The fraction of sp³-hybridized carbons (Fsp3) is 0.0909. The molecule has 0 atom stereocenters. The summed E-state index contributed by atoms with van der Waals surface area (Å²) in [6, 6.07) is 9.58. The summed E-state index contributed by atoms with van der Waals surface area (Å²) in [7, 11) is 1.58. The maximum Gasteiger partial charge on any atom is 0.256 e. The molecule has 0 saturated heterocycles. The number of anilines is 2. The minimum Gasteiger partial charge on any atom is -0.355 e. The Morgan fingerprint density at radius 2 is 2.06 bits per heavy atom. The number of para-hydroxylation sites is 1. The van der Waals surface area contributed by atoms with E-state index in [1.165, 1.54) is 6.20 Å². The topological polar surface area (TPSA) is 69.8 Å². The van der Waals surface area contributed by atoms with Gasteiger partial charge in [-0.25, -0.2) is 0 Å². The molecule has 0 bridgehead atoms. The van der Waals surface area contributed by atoms with Crippen LogP contribution in [0.3, 0.4) is 0 Å². The molecule has 0 aliphatic rings. The van der Waals surface area contributed by atoms with E-state index in [0.29, 0.717) is 11.4 Å². The number of aromatic amines is 1. The number of benzene rings is 1. The highest BCUT2D eigenvalue weighted by molar-refractivity contribution is 5.98. The van der Waals surface area contributed by atoms with Crippen LogP contribution >= 0.6 is 0 Å². The third-order valence-electron chi connectivity index (χ3n) is 2.15. The Balaban J connectivity index is 2.22. The lowest BCUT2D eigenvalue weighted by atomic mass is 10.3. The van der Waals surface area contributed by atoms with E-state index in [9.17, 15) is 4.79 Å². The molecule has 1 heterocycles. The van der Waals surface area contributed by atoms with Crippen molar-refractivity contribution >= 4 is 17.4 Å². The number of carbonyl (C=O) groups is 1. The van der Waals surface area contributed by atoms with Crippen molar-refractivity contribution in [2.75, 3.05) is 12.4 Å². The molecule has 3 N–H and O–H groups in total. The van der Waals surface area contributed by atoms with E-state index in [4.69, 9.17) is 0 Å². The first kappa shape index (κ1) is 10.2. The minimum absolute atomic E-state index is 0.174. The van der Waals surface area contributed by atoms with Gasteiger partial charge in [0.15, 0.2) is 0 Å². The van der Waals surface area contributed by atoms with Crippen molar-refractivity contribution in [2.45, 2.75) is 0 Å².